The molecule has 2 N–H and O–H groups in total. The van der Waals surface area contributed by atoms with Crippen molar-refractivity contribution in [2.45, 2.75) is 6.42 Å². The van der Waals surface area contributed by atoms with Gasteiger partial charge in [-0.2, -0.15) is 0 Å². The van der Waals surface area contributed by atoms with Gasteiger partial charge < -0.3 is 14.5 Å². The van der Waals surface area contributed by atoms with Crippen molar-refractivity contribution in [3.8, 4) is 17.0 Å². The van der Waals surface area contributed by atoms with Gasteiger partial charge in [0.05, 0.1) is 47.4 Å². The average Bonchev–Trinajstić information content (AvgIpc) is 3.43. The zero-order chi connectivity index (χ0) is 23.8. The summed E-state index contributed by atoms with van der Waals surface area (Å²) in [6.45, 7) is 0. The molecule has 0 aliphatic carbocycles. The molecule has 0 unspecified atom stereocenters. The van der Waals surface area contributed by atoms with Gasteiger partial charge in [0.15, 0.2) is 5.65 Å². The molecule has 0 atom stereocenters. The number of benzene rings is 2. The van der Waals surface area contributed by atoms with Crippen molar-refractivity contribution in [2.24, 2.45) is 0 Å². The highest BCUT2D eigenvalue weighted by Gasteiger charge is 2.17. The first-order chi connectivity index (χ1) is 16.4. The van der Waals surface area contributed by atoms with Crippen molar-refractivity contribution in [2.75, 3.05) is 19.5 Å². The van der Waals surface area contributed by atoms with Crippen LogP contribution >= 0.6 is 23.2 Å². The molecular weight excluding hydrogens is 477 g/mol. The predicted molar refractivity (Wildman–Crippen MR) is 132 cm³/mol. The third-order valence-corrected chi connectivity index (χ3v) is 5.93. The van der Waals surface area contributed by atoms with Gasteiger partial charge in [0.2, 0.25) is 0 Å². The number of amides is 1. The number of nitrogens with zero attached hydrogens (tertiary/aromatic N) is 3. The Morgan fingerprint density at radius 3 is 2.71 bits per heavy atom. The number of aromatic nitrogens is 4. The number of halogens is 2. The van der Waals surface area contributed by atoms with Crippen molar-refractivity contribution < 1.29 is 14.3 Å². The third-order valence-electron chi connectivity index (χ3n) is 5.38. The number of ether oxygens (including phenoxy) is 2. The van der Waals surface area contributed by atoms with E-state index in [1.807, 2.05) is 40.9 Å². The van der Waals surface area contributed by atoms with Gasteiger partial charge in [0.1, 0.15) is 11.6 Å². The summed E-state index contributed by atoms with van der Waals surface area (Å²) in [5.74, 6) is 1.40. The van der Waals surface area contributed by atoms with Crippen LogP contribution in [0.15, 0.2) is 54.7 Å². The summed E-state index contributed by atoms with van der Waals surface area (Å²) in [4.78, 5) is 24.6. The number of carbonyl (C=O) groups is 1. The Labute approximate surface area is 204 Å². The van der Waals surface area contributed by atoms with Crippen LogP contribution in [0.5, 0.6) is 5.75 Å². The lowest BCUT2D eigenvalue weighted by Crippen LogP contribution is -2.12. The van der Waals surface area contributed by atoms with Crippen LogP contribution in [-0.2, 0) is 11.2 Å². The first-order valence-corrected chi connectivity index (χ1v) is 11.0. The Balaban J connectivity index is 1.61. The summed E-state index contributed by atoms with van der Waals surface area (Å²) >= 11 is 12.6. The topological polar surface area (TPSA) is 93.5 Å². The van der Waals surface area contributed by atoms with Crippen molar-refractivity contribution in [3.05, 3.63) is 76.3 Å². The van der Waals surface area contributed by atoms with E-state index in [0.29, 0.717) is 33.6 Å². The molecule has 2 aromatic carbocycles. The van der Waals surface area contributed by atoms with E-state index in [1.54, 1.807) is 25.3 Å². The number of hydrogen-bond acceptors (Lipinski definition) is 5. The van der Waals surface area contributed by atoms with E-state index in [1.165, 1.54) is 7.11 Å². The Kier molecular flexibility index (Phi) is 5.77. The van der Waals surface area contributed by atoms with Crippen LogP contribution < -0.4 is 10.1 Å². The van der Waals surface area contributed by atoms with E-state index in [0.717, 1.165) is 33.8 Å². The number of hydrogen-bond donors (Lipinski definition) is 2. The highest BCUT2D eigenvalue weighted by atomic mass is 35.5. The van der Waals surface area contributed by atoms with E-state index >= 15 is 0 Å². The number of H-pyrrole nitrogens is 1. The van der Waals surface area contributed by atoms with Gasteiger partial charge in [-0.15, -0.1) is 0 Å². The van der Waals surface area contributed by atoms with Crippen molar-refractivity contribution in [1.29, 1.82) is 0 Å². The standard InChI is InChI=1S/C24H19Cl2N5O3/c1-33-15-4-5-16(17(26)11-15)21-8-7-19(30-24(32)34-2)23-27-14(12-31(21)23)10-22-28-18-6-3-13(25)9-20(18)29-22/h3-9,11-12H,10H2,1-2H3,(H,28,29)(H,30,32). The minimum atomic E-state index is -0.587. The predicted octanol–water partition coefficient (Wildman–Crippen LogP) is 5.96. The fourth-order valence-electron chi connectivity index (χ4n) is 3.80. The Hall–Kier alpha value is -3.75. The van der Waals surface area contributed by atoms with Crippen LogP contribution in [0.2, 0.25) is 10.0 Å². The SMILES string of the molecule is COC(=O)Nc1ccc(-c2ccc(OC)cc2Cl)n2cc(Cc3nc4ccc(Cl)cc4[nH]3)nc12. The molecule has 5 rings (SSSR count). The molecule has 0 aliphatic rings. The first-order valence-electron chi connectivity index (χ1n) is 10.3. The molecule has 0 bridgehead atoms. The maximum Gasteiger partial charge on any atom is 0.411 e. The first kappa shape index (κ1) is 22.1. The Bertz CT molecular complexity index is 1540. The summed E-state index contributed by atoms with van der Waals surface area (Å²) < 4.78 is 11.9. The molecule has 34 heavy (non-hydrogen) atoms. The molecule has 0 saturated carbocycles. The second-order valence-electron chi connectivity index (χ2n) is 7.54. The van der Waals surface area contributed by atoms with Crippen molar-refractivity contribution in [3.63, 3.8) is 0 Å². The number of methoxy groups -OCH3 is 2. The van der Waals surface area contributed by atoms with Crippen molar-refractivity contribution in [1.82, 2.24) is 19.4 Å². The number of pyridine rings is 1. The highest BCUT2D eigenvalue weighted by Crippen LogP contribution is 2.33. The van der Waals surface area contributed by atoms with Crippen LogP contribution in [-0.4, -0.2) is 39.7 Å². The van der Waals surface area contributed by atoms with Crippen LogP contribution in [0.4, 0.5) is 10.5 Å². The fraction of sp³-hybridized carbons (Fsp3) is 0.125. The molecule has 172 valence electrons. The number of rotatable bonds is 5. The lowest BCUT2D eigenvalue weighted by atomic mass is 10.1. The molecular formula is C24H19Cl2N5O3. The minimum Gasteiger partial charge on any atom is -0.497 e. The largest absolute Gasteiger partial charge is 0.497 e. The molecule has 3 heterocycles. The van der Waals surface area contributed by atoms with Crippen LogP contribution in [0.3, 0.4) is 0 Å². The molecule has 8 nitrogen and oxygen atoms in total. The Morgan fingerprint density at radius 1 is 1.09 bits per heavy atom. The molecule has 3 aromatic heterocycles. The zero-order valence-electron chi connectivity index (χ0n) is 18.2. The number of anilines is 1. The van der Waals surface area contributed by atoms with Crippen LogP contribution in [0.25, 0.3) is 27.9 Å². The molecule has 0 radical (unpaired) electrons. The summed E-state index contributed by atoms with van der Waals surface area (Å²) in [6, 6.07) is 14.6. The lowest BCUT2D eigenvalue weighted by molar-refractivity contribution is 0.187. The van der Waals surface area contributed by atoms with Gasteiger partial charge in [-0.3, -0.25) is 9.72 Å². The van der Waals surface area contributed by atoms with E-state index in [-0.39, 0.29) is 0 Å². The van der Waals surface area contributed by atoms with E-state index in [2.05, 4.69) is 15.3 Å². The summed E-state index contributed by atoms with van der Waals surface area (Å²) in [7, 11) is 2.90. The third kappa shape index (κ3) is 4.13. The maximum atomic E-state index is 11.9. The number of carbonyl (C=O) groups excluding carboxylic acids is 1. The number of fused-ring (bicyclic) bond motifs is 2. The smallest absolute Gasteiger partial charge is 0.411 e. The maximum absolute atomic E-state index is 11.9. The number of aromatic amines is 1. The molecule has 5 aromatic rings. The summed E-state index contributed by atoms with van der Waals surface area (Å²) in [5.41, 5.74) is 5.06. The number of nitrogens with one attached hydrogen (secondary N) is 2. The lowest BCUT2D eigenvalue weighted by Gasteiger charge is -2.12. The highest BCUT2D eigenvalue weighted by molar-refractivity contribution is 6.33. The number of imidazole rings is 2. The minimum absolute atomic E-state index is 0.446. The van der Waals surface area contributed by atoms with Crippen molar-refractivity contribution >= 4 is 51.7 Å². The normalized spacial score (nSPS) is 11.2. The van der Waals surface area contributed by atoms with Gasteiger partial charge in [-0.05, 0) is 48.5 Å². The average molecular weight is 496 g/mol. The van der Waals surface area contributed by atoms with Crippen LogP contribution in [0, 0.1) is 0 Å². The quantitative estimate of drug-likeness (QED) is 0.313. The van der Waals surface area contributed by atoms with Gasteiger partial charge in [0.25, 0.3) is 0 Å². The fourth-order valence-corrected chi connectivity index (χ4v) is 4.24. The van der Waals surface area contributed by atoms with E-state index in [9.17, 15) is 4.79 Å². The second-order valence-corrected chi connectivity index (χ2v) is 8.39. The monoisotopic (exact) mass is 495 g/mol. The molecule has 1 amide bonds. The van der Waals surface area contributed by atoms with Gasteiger partial charge >= 0.3 is 6.09 Å². The molecule has 10 heteroatoms. The van der Waals surface area contributed by atoms with E-state index in [4.69, 9.17) is 37.7 Å². The van der Waals surface area contributed by atoms with Gasteiger partial charge in [-0.1, -0.05) is 23.2 Å². The van der Waals surface area contributed by atoms with Gasteiger partial charge in [-0.25, -0.2) is 14.8 Å². The summed E-state index contributed by atoms with van der Waals surface area (Å²) in [5, 5.41) is 3.88. The van der Waals surface area contributed by atoms with Crippen LogP contribution in [0.1, 0.15) is 11.5 Å². The summed E-state index contributed by atoms with van der Waals surface area (Å²) in [6.07, 6.45) is 1.76. The van der Waals surface area contributed by atoms with E-state index < -0.39 is 6.09 Å². The zero-order valence-corrected chi connectivity index (χ0v) is 19.7. The van der Waals surface area contributed by atoms with Gasteiger partial charge in [0, 0.05) is 23.2 Å². The molecule has 0 fully saturated rings. The Morgan fingerprint density at radius 2 is 1.94 bits per heavy atom. The molecule has 0 aliphatic heterocycles. The second kappa shape index (κ2) is 8.89. The molecule has 0 spiro atoms. The molecule has 0 saturated heterocycles.